The topological polar surface area (TPSA) is 84.9 Å². The van der Waals surface area contributed by atoms with Gasteiger partial charge in [-0.3, -0.25) is 9.10 Å². The number of nitrogens with one attached hydrogen (secondary N) is 1. The number of nitrogens with zero attached hydrogens (tertiary/aromatic N) is 1. The lowest BCUT2D eigenvalue weighted by Crippen LogP contribution is -2.45. The number of carbonyl (C=O) groups is 1. The van der Waals surface area contributed by atoms with Crippen LogP contribution in [0.15, 0.2) is 71.6 Å². The Labute approximate surface area is 208 Å². The van der Waals surface area contributed by atoms with E-state index in [1.165, 1.54) is 19.2 Å². The molecule has 0 spiro atoms. The number of methoxy groups -OCH3 is 1. The molecule has 1 heterocycles. The Morgan fingerprint density at radius 3 is 2.28 bits per heavy atom. The van der Waals surface area contributed by atoms with Crippen molar-refractivity contribution >= 4 is 21.6 Å². The van der Waals surface area contributed by atoms with Crippen LogP contribution in [-0.2, 0) is 14.8 Å². The van der Waals surface area contributed by atoms with E-state index in [4.69, 9.17) is 9.47 Å². The summed E-state index contributed by atoms with van der Waals surface area (Å²) < 4.78 is 66.0. The van der Waals surface area contributed by atoms with Gasteiger partial charge in [-0.15, -0.1) is 0 Å². The second-order valence-electron chi connectivity index (χ2n) is 9.03. The van der Waals surface area contributed by atoms with Crippen LogP contribution in [0.5, 0.6) is 11.5 Å². The largest absolute Gasteiger partial charge is 0.497 e. The molecule has 0 aliphatic carbocycles. The van der Waals surface area contributed by atoms with E-state index >= 15 is 0 Å². The van der Waals surface area contributed by atoms with Crippen molar-refractivity contribution in [3.05, 3.63) is 83.9 Å². The van der Waals surface area contributed by atoms with Crippen LogP contribution in [0.25, 0.3) is 0 Å². The van der Waals surface area contributed by atoms with Crippen molar-refractivity contribution in [3.8, 4) is 11.5 Å². The molecule has 1 aliphatic heterocycles. The minimum Gasteiger partial charge on any atom is -0.497 e. The van der Waals surface area contributed by atoms with E-state index in [0.29, 0.717) is 23.5 Å². The quantitative estimate of drug-likeness (QED) is 0.497. The molecule has 4 rings (SSSR count). The molecule has 1 unspecified atom stereocenters. The standard InChI is InChI=1S/C26H26F2N2O5S/c1-26(2)15-23(22-14-20(34-3)10-13-24(22)35-26)29-25(31)16-30(19-8-4-17(27)5-9-19)36(32,33)21-11-6-18(28)7-12-21/h4-14,23H,15-16H2,1-3H3,(H,29,31). The van der Waals surface area contributed by atoms with Gasteiger partial charge in [0.2, 0.25) is 5.91 Å². The average Bonchev–Trinajstić information content (AvgIpc) is 2.82. The zero-order chi connectivity index (χ0) is 26.1. The Balaban J connectivity index is 1.65. The molecule has 1 N–H and O–H groups in total. The van der Waals surface area contributed by atoms with Crippen LogP contribution in [0.2, 0.25) is 0 Å². The Kier molecular flexibility index (Phi) is 6.90. The molecule has 7 nitrogen and oxygen atoms in total. The second-order valence-corrected chi connectivity index (χ2v) is 10.9. The molecule has 1 aliphatic rings. The summed E-state index contributed by atoms with van der Waals surface area (Å²) in [6, 6.07) is 13.8. The zero-order valence-corrected chi connectivity index (χ0v) is 20.8. The van der Waals surface area contributed by atoms with Crippen LogP contribution in [-0.4, -0.2) is 33.6 Å². The fourth-order valence-electron chi connectivity index (χ4n) is 4.12. The fourth-order valence-corrected chi connectivity index (χ4v) is 5.54. The van der Waals surface area contributed by atoms with E-state index in [1.54, 1.807) is 18.2 Å². The number of halogens is 2. The molecule has 0 saturated carbocycles. The molecule has 0 fully saturated rings. The molecule has 10 heteroatoms. The monoisotopic (exact) mass is 516 g/mol. The normalized spacial score (nSPS) is 16.4. The van der Waals surface area contributed by atoms with Crippen molar-refractivity contribution < 1.29 is 31.5 Å². The highest BCUT2D eigenvalue weighted by molar-refractivity contribution is 7.92. The lowest BCUT2D eigenvalue weighted by Gasteiger charge is -2.38. The van der Waals surface area contributed by atoms with Crippen LogP contribution < -0.4 is 19.1 Å². The Morgan fingerprint density at radius 1 is 1.06 bits per heavy atom. The maximum Gasteiger partial charge on any atom is 0.264 e. The second kappa shape index (κ2) is 9.77. The van der Waals surface area contributed by atoms with Crippen molar-refractivity contribution in [1.82, 2.24) is 5.32 Å². The number of anilines is 1. The fraction of sp³-hybridized carbons (Fsp3) is 0.269. The number of amides is 1. The van der Waals surface area contributed by atoms with E-state index < -0.39 is 45.8 Å². The van der Waals surface area contributed by atoms with Crippen LogP contribution in [0.1, 0.15) is 31.9 Å². The molecule has 3 aromatic carbocycles. The van der Waals surface area contributed by atoms with Crippen molar-refractivity contribution in [2.75, 3.05) is 18.0 Å². The number of ether oxygens (including phenoxy) is 2. The van der Waals surface area contributed by atoms with Gasteiger partial charge in [0.05, 0.1) is 23.7 Å². The van der Waals surface area contributed by atoms with Gasteiger partial charge in [-0.2, -0.15) is 0 Å². The van der Waals surface area contributed by atoms with Gasteiger partial charge < -0.3 is 14.8 Å². The van der Waals surface area contributed by atoms with Gasteiger partial charge in [0.1, 0.15) is 35.3 Å². The van der Waals surface area contributed by atoms with Crippen LogP contribution in [0.3, 0.4) is 0 Å². The predicted molar refractivity (Wildman–Crippen MR) is 131 cm³/mol. The smallest absolute Gasteiger partial charge is 0.264 e. The minimum absolute atomic E-state index is 0.0882. The first-order valence-corrected chi connectivity index (χ1v) is 12.6. The highest BCUT2D eigenvalue weighted by Gasteiger charge is 2.36. The summed E-state index contributed by atoms with van der Waals surface area (Å²) in [6.45, 7) is 3.20. The molecule has 36 heavy (non-hydrogen) atoms. The van der Waals surface area contributed by atoms with Gasteiger partial charge in [0, 0.05) is 12.0 Å². The van der Waals surface area contributed by atoms with Gasteiger partial charge in [0.25, 0.3) is 10.0 Å². The van der Waals surface area contributed by atoms with Crippen molar-refractivity contribution in [3.63, 3.8) is 0 Å². The summed E-state index contributed by atoms with van der Waals surface area (Å²) >= 11 is 0. The molecular formula is C26H26F2N2O5S. The van der Waals surface area contributed by atoms with Gasteiger partial charge >= 0.3 is 0 Å². The molecule has 0 aromatic heterocycles. The number of hydrogen-bond acceptors (Lipinski definition) is 5. The van der Waals surface area contributed by atoms with Gasteiger partial charge in [-0.25, -0.2) is 17.2 Å². The third-order valence-corrected chi connectivity index (χ3v) is 7.60. The molecule has 1 amide bonds. The molecule has 0 saturated heterocycles. The van der Waals surface area contributed by atoms with Gasteiger partial charge in [-0.05, 0) is 80.6 Å². The van der Waals surface area contributed by atoms with Crippen LogP contribution in [0.4, 0.5) is 14.5 Å². The van der Waals surface area contributed by atoms with E-state index in [9.17, 15) is 22.0 Å². The maximum absolute atomic E-state index is 13.5. The van der Waals surface area contributed by atoms with Gasteiger partial charge in [-0.1, -0.05) is 0 Å². The highest BCUT2D eigenvalue weighted by atomic mass is 32.2. The molecule has 3 aromatic rings. The lowest BCUT2D eigenvalue weighted by molar-refractivity contribution is -0.120. The molecule has 0 radical (unpaired) electrons. The number of hydrogen-bond donors (Lipinski definition) is 1. The summed E-state index contributed by atoms with van der Waals surface area (Å²) in [6.07, 6.45) is 0.431. The van der Waals surface area contributed by atoms with E-state index in [0.717, 1.165) is 40.7 Å². The summed E-state index contributed by atoms with van der Waals surface area (Å²) in [4.78, 5) is 13.0. The van der Waals surface area contributed by atoms with Crippen LogP contribution >= 0.6 is 0 Å². The Hall–Kier alpha value is -3.66. The minimum atomic E-state index is -4.27. The first-order valence-electron chi connectivity index (χ1n) is 11.2. The zero-order valence-electron chi connectivity index (χ0n) is 20.0. The molecule has 1 atom stereocenters. The number of fused-ring (bicyclic) bond motifs is 1. The van der Waals surface area contributed by atoms with Crippen molar-refractivity contribution in [2.45, 2.75) is 36.8 Å². The Bertz CT molecular complexity index is 1360. The molecule has 190 valence electrons. The summed E-state index contributed by atoms with van der Waals surface area (Å²) in [5.74, 6) is -0.565. The third kappa shape index (κ3) is 5.43. The van der Waals surface area contributed by atoms with E-state index in [-0.39, 0.29) is 10.6 Å². The third-order valence-electron chi connectivity index (χ3n) is 5.81. The van der Waals surface area contributed by atoms with Crippen LogP contribution in [0, 0.1) is 11.6 Å². The lowest BCUT2D eigenvalue weighted by atomic mass is 9.89. The SMILES string of the molecule is COc1ccc2c(c1)C(NC(=O)CN(c1ccc(F)cc1)S(=O)(=O)c1ccc(F)cc1)CC(C)(C)O2. The summed E-state index contributed by atoms with van der Waals surface area (Å²) in [7, 11) is -2.74. The number of benzene rings is 3. The maximum atomic E-state index is 13.5. The van der Waals surface area contributed by atoms with Crippen molar-refractivity contribution in [2.24, 2.45) is 0 Å². The molecular weight excluding hydrogens is 490 g/mol. The number of sulfonamides is 1. The number of carbonyl (C=O) groups excluding carboxylic acids is 1. The van der Waals surface area contributed by atoms with E-state index in [2.05, 4.69) is 5.32 Å². The van der Waals surface area contributed by atoms with Gasteiger partial charge in [0.15, 0.2) is 0 Å². The summed E-state index contributed by atoms with van der Waals surface area (Å²) in [5.41, 5.74) is 0.207. The first kappa shape index (κ1) is 25.4. The Morgan fingerprint density at radius 2 is 1.67 bits per heavy atom. The average molecular weight is 517 g/mol. The van der Waals surface area contributed by atoms with Crippen molar-refractivity contribution in [1.29, 1.82) is 0 Å². The number of rotatable bonds is 7. The molecule has 0 bridgehead atoms. The predicted octanol–water partition coefficient (Wildman–Crippen LogP) is 4.59. The summed E-state index contributed by atoms with van der Waals surface area (Å²) in [5, 5.41) is 2.91. The highest BCUT2D eigenvalue weighted by Crippen LogP contribution is 2.41. The van der Waals surface area contributed by atoms with E-state index in [1.807, 2.05) is 13.8 Å². The first-order chi connectivity index (χ1) is 17.0.